The number of nitrogens with one attached hydrogen (secondary N) is 2. The highest BCUT2D eigenvalue weighted by molar-refractivity contribution is 14.0. The molecule has 1 aromatic rings. The molecule has 0 atom stereocenters. The number of guanidine groups is 1. The average molecular weight is 445 g/mol. The molecule has 0 aliphatic carbocycles. The zero-order chi connectivity index (χ0) is 16.5. The highest BCUT2D eigenvalue weighted by atomic mass is 127. The lowest BCUT2D eigenvalue weighted by Gasteiger charge is -2.15. The number of benzene rings is 1. The SMILES string of the molecule is CN=C(NCCC(C)C)NCc1c(F)cccc1OC(F)F.I. The van der Waals surface area contributed by atoms with E-state index in [-0.39, 0.29) is 41.8 Å². The lowest BCUT2D eigenvalue weighted by Crippen LogP contribution is -2.37. The molecular weight excluding hydrogens is 422 g/mol. The van der Waals surface area contributed by atoms with Crippen molar-refractivity contribution >= 4 is 29.9 Å². The lowest BCUT2D eigenvalue weighted by molar-refractivity contribution is -0.0506. The smallest absolute Gasteiger partial charge is 0.387 e. The van der Waals surface area contributed by atoms with Gasteiger partial charge in [-0.15, -0.1) is 24.0 Å². The van der Waals surface area contributed by atoms with E-state index >= 15 is 0 Å². The summed E-state index contributed by atoms with van der Waals surface area (Å²) in [5.74, 6) is 0.235. The Morgan fingerprint density at radius 3 is 2.52 bits per heavy atom. The van der Waals surface area contributed by atoms with Crippen LogP contribution < -0.4 is 15.4 Å². The van der Waals surface area contributed by atoms with E-state index in [1.165, 1.54) is 18.2 Å². The molecule has 0 radical (unpaired) electrons. The number of hydrogen-bond acceptors (Lipinski definition) is 2. The topological polar surface area (TPSA) is 45.7 Å². The number of nitrogens with zero attached hydrogens (tertiary/aromatic N) is 1. The number of halogens is 4. The number of alkyl halides is 2. The van der Waals surface area contributed by atoms with Crippen molar-refractivity contribution in [1.82, 2.24) is 10.6 Å². The Morgan fingerprint density at radius 1 is 1.26 bits per heavy atom. The van der Waals surface area contributed by atoms with Gasteiger partial charge in [-0.25, -0.2) is 4.39 Å². The fourth-order valence-electron chi connectivity index (χ4n) is 1.79. The molecule has 23 heavy (non-hydrogen) atoms. The van der Waals surface area contributed by atoms with Crippen LogP contribution in [0.25, 0.3) is 0 Å². The van der Waals surface area contributed by atoms with Gasteiger partial charge in [0.2, 0.25) is 0 Å². The van der Waals surface area contributed by atoms with Crippen LogP contribution in [0.3, 0.4) is 0 Å². The molecule has 0 aromatic heterocycles. The van der Waals surface area contributed by atoms with Crippen molar-refractivity contribution in [2.24, 2.45) is 10.9 Å². The molecular formula is C15H23F3IN3O. The molecule has 0 saturated carbocycles. The third kappa shape index (κ3) is 8.29. The maximum atomic E-state index is 13.8. The number of hydrogen-bond donors (Lipinski definition) is 2. The first-order valence-electron chi connectivity index (χ1n) is 7.10. The minimum Gasteiger partial charge on any atom is -0.434 e. The second-order valence-electron chi connectivity index (χ2n) is 5.13. The summed E-state index contributed by atoms with van der Waals surface area (Å²) in [6.45, 7) is 1.92. The van der Waals surface area contributed by atoms with E-state index in [0.717, 1.165) is 13.0 Å². The van der Waals surface area contributed by atoms with Crippen LogP contribution in [0.2, 0.25) is 0 Å². The first kappa shape index (κ1) is 21.8. The molecule has 2 N–H and O–H groups in total. The highest BCUT2D eigenvalue weighted by Crippen LogP contribution is 2.23. The molecule has 0 bridgehead atoms. The maximum absolute atomic E-state index is 13.8. The van der Waals surface area contributed by atoms with Crippen LogP contribution in [-0.4, -0.2) is 26.2 Å². The molecule has 0 unspecified atom stereocenters. The highest BCUT2D eigenvalue weighted by Gasteiger charge is 2.14. The standard InChI is InChI=1S/C15H22F3N3O.HI/c1-10(2)7-8-20-15(19-3)21-9-11-12(16)5-4-6-13(11)22-14(17)18;/h4-6,10,14H,7-9H2,1-3H3,(H2,19,20,21);1H. The van der Waals surface area contributed by atoms with Crippen LogP contribution in [0, 0.1) is 11.7 Å². The van der Waals surface area contributed by atoms with Gasteiger partial charge in [-0.2, -0.15) is 8.78 Å². The van der Waals surface area contributed by atoms with Crippen LogP contribution in [0.4, 0.5) is 13.2 Å². The van der Waals surface area contributed by atoms with Crippen LogP contribution in [0.1, 0.15) is 25.8 Å². The molecule has 0 amide bonds. The summed E-state index contributed by atoms with van der Waals surface area (Å²) in [7, 11) is 1.59. The van der Waals surface area contributed by atoms with Gasteiger partial charge < -0.3 is 15.4 Å². The Hall–Kier alpha value is -1.19. The molecule has 0 fully saturated rings. The summed E-state index contributed by atoms with van der Waals surface area (Å²) in [4.78, 5) is 4.00. The molecule has 132 valence electrons. The Labute approximate surface area is 151 Å². The predicted molar refractivity (Wildman–Crippen MR) is 96.1 cm³/mol. The normalized spacial score (nSPS) is 11.4. The Balaban J connectivity index is 0.00000484. The number of aliphatic imine (C=N–C) groups is 1. The quantitative estimate of drug-likeness (QED) is 0.382. The summed E-state index contributed by atoms with van der Waals surface area (Å²) >= 11 is 0. The van der Waals surface area contributed by atoms with Crippen molar-refractivity contribution in [3.05, 3.63) is 29.6 Å². The first-order valence-corrected chi connectivity index (χ1v) is 7.10. The predicted octanol–water partition coefficient (Wildman–Crippen LogP) is 3.76. The van der Waals surface area contributed by atoms with Crippen molar-refractivity contribution in [3.8, 4) is 5.75 Å². The Kier molecular flexibility index (Phi) is 10.8. The van der Waals surface area contributed by atoms with Crippen molar-refractivity contribution in [2.45, 2.75) is 33.4 Å². The molecule has 1 aromatic carbocycles. The largest absolute Gasteiger partial charge is 0.434 e. The first-order chi connectivity index (χ1) is 10.4. The summed E-state index contributed by atoms with van der Waals surface area (Å²) in [5.41, 5.74) is 0.0367. The maximum Gasteiger partial charge on any atom is 0.387 e. The molecule has 0 saturated heterocycles. The van der Waals surface area contributed by atoms with Crippen LogP contribution in [-0.2, 0) is 6.54 Å². The second kappa shape index (κ2) is 11.4. The Morgan fingerprint density at radius 2 is 1.96 bits per heavy atom. The van der Waals surface area contributed by atoms with Crippen molar-refractivity contribution < 1.29 is 17.9 Å². The lowest BCUT2D eigenvalue weighted by atomic mass is 10.1. The molecule has 0 aliphatic rings. The summed E-state index contributed by atoms with van der Waals surface area (Å²) < 4.78 is 42.8. The van der Waals surface area contributed by atoms with Gasteiger partial charge in [-0.05, 0) is 24.5 Å². The van der Waals surface area contributed by atoms with Crippen LogP contribution in [0.15, 0.2) is 23.2 Å². The van der Waals surface area contributed by atoms with Gasteiger partial charge in [-0.3, -0.25) is 4.99 Å². The van der Waals surface area contributed by atoms with E-state index in [1.807, 2.05) is 0 Å². The molecule has 0 spiro atoms. The van der Waals surface area contributed by atoms with Crippen molar-refractivity contribution in [3.63, 3.8) is 0 Å². The van der Waals surface area contributed by atoms with E-state index in [2.05, 4.69) is 34.2 Å². The minimum absolute atomic E-state index is 0. The minimum atomic E-state index is -3.00. The fourth-order valence-corrected chi connectivity index (χ4v) is 1.79. The molecule has 0 aliphatic heterocycles. The number of ether oxygens (including phenoxy) is 1. The van der Waals surface area contributed by atoms with E-state index < -0.39 is 12.4 Å². The van der Waals surface area contributed by atoms with Gasteiger partial charge in [0, 0.05) is 25.7 Å². The van der Waals surface area contributed by atoms with E-state index in [0.29, 0.717) is 11.9 Å². The van der Waals surface area contributed by atoms with Crippen molar-refractivity contribution in [1.29, 1.82) is 0 Å². The summed E-state index contributed by atoms with van der Waals surface area (Å²) in [6, 6.07) is 3.83. The van der Waals surface area contributed by atoms with Gasteiger partial charge >= 0.3 is 6.61 Å². The summed E-state index contributed by atoms with van der Waals surface area (Å²) in [5, 5.41) is 5.97. The molecule has 8 heteroatoms. The second-order valence-corrected chi connectivity index (χ2v) is 5.13. The molecule has 4 nitrogen and oxygen atoms in total. The van der Waals surface area contributed by atoms with Gasteiger partial charge in [-0.1, -0.05) is 19.9 Å². The third-order valence-electron chi connectivity index (χ3n) is 2.96. The zero-order valence-electron chi connectivity index (χ0n) is 13.4. The van der Waals surface area contributed by atoms with E-state index in [1.54, 1.807) is 7.05 Å². The Bertz CT molecular complexity index is 499. The third-order valence-corrected chi connectivity index (χ3v) is 2.96. The van der Waals surface area contributed by atoms with Crippen molar-refractivity contribution in [2.75, 3.05) is 13.6 Å². The zero-order valence-corrected chi connectivity index (χ0v) is 15.7. The average Bonchev–Trinajstić information content (AvgIpc) is 2.43. The van der Waals surface area contributed by atoms with E-state index in [4.69, 9.17) is 0 Å². The molecule has 1 rings (SSSR count). The monoisotopic (exact) mass is 445 g/mol. The van der Waals surface area contributed by atoms with Gasteiger partial charge in [0.05, 0.1) is 0 Å². The molecule has 0 heterocycles. The summed E-state index contributed by atoms with van der Waals surface area (Å²) in [6.07, 6.45) is 0.958. The van der Waals surface area contributed by atoms with Gasteiger partial charge in [0.1, 0.15) is 11.6 Å². The van der Waals surface area contributed by atoms with Gasteiger partial charge in [0.15, 0.2) is 5.96 Å². The van der Waals surface area contributed by atoms with Crippen LogP contribution >= 0.6 is 24.0 Å². The fraction of sp³-hybridized carbons (Fsp3) is 0.533. The van der Waals surface area contributed by atoms with Gasteiger partial charge in [0.25, 0.3) is 0 Å². The number of rotatable bonds is 7. The van der Waals surface area contributed by atoms with E-state index in [9.17, 15) is 13.2 Å². The van der Waals surface area contributed by atoms with Crippen LogP contribution in [0.5, 0.6) is 5.75 Å².